The van der Waals surface area contributed by atoms with Gasteiger partial charge in [-0.3, -0.25) is 14.5 Å². The monoisotopic (exact) mass is 372 g/mol. The summed E-state index contributed by atoms with van der Waals surface area (Å²) in [6, 6.07) is 5.57. The van der Waals surface area contributed by atoms with E-state index in [0.29, 0.717) is 12.1 Å². The lowest BCUT2D eigenvalue weighted by molar-refractivity contribution is -0.118. The number of nitrogens with zero attached hydrogens (tertiary/aromatic N) is 2. The molecule has 0 spiro atoms. The first-order chi connectivity index (χ1) is 13.2. The molecule has 2 N–H and O–H groups in total. The highest BCUT2D eigenvalue weighted by atomic mass is 16.5. The van der Waals surface area contributed by atoms with Gasteiger partial charge in [-0.25, -0.2) is 0 Å². The molecule has 3 heterocycles. The van der Waals surface area contributed by atoms with Crippen molar-refractivity contribution in [1.82, 2.24) is 10.2 Å². The predicted molar refractivity (Wildman–Crippen MR) is 104 cm³/mol. The number of anilines is 2. The van der Waals surface area contributed by atoms with Crippen LogP contribution in [-0.2, 0) is 9.53 Å². The molecule has 7 heteroatoms. The lowest BCUT2D eigenvalue weighted by Gasteiger charge is -2.41. The largest absolute Gasteiger partial charge is 0.379 e. The summed E-state index contributed by atoms with van der Waals surface area (Å²) in [6.07, 6.45) is 4.02. The molecule has 2 saturated heterocycles. The molecule has 2 fully saturated rings. The standard InChI is InChI=1S/C20H28N4O3/c25-19(21-7-3-8-23-10-12-27-13-11-23)15-5-6-17-16(14-15)22-20(26)18-4-1-2-9-24(17)18/h5-6,14,18H,1-4,7-13H2,(H,21,25)(H,22,26)/t18-/m0/s1. The van der Waals surface area contributed by atoms with E-state index >= 15 is 0 Å². The molecule has 3 aliphatic heterocycles. The van der Waals surface area contributed by atoms with E-state index in [9.17, 15) is 9.59 Å². The van der Waals surface area contributed by atoms with Crippen LogP contribution in [0.1, 0.15) is 36.0 Å². The third kappa shape index (κ3) is 4.09. The molecule has 3 aliphatic rings. The molecule has 7 nitrogen and oxygen atoms in total. The average Bonchev–Trinajstić information content (AvgIpc) is 2.71. The van der Waals surface area contributed by atoms with Gasteiger partial charge < -0.3 is 20.3 Å². The molecule has 0 saturated carbocycles. The molecule has 146 valence electrons. The number of fused-ring (bicyclic) bond motifs is 3. The van der Waals surface area contributed by atoms with Crippen LogP contribution in [0.4, 0.5) is 11.4 Å². The fourth-order valence-electron chi connectivity index (χ4n) is 4.17. The van der Waals surface area contributed by atoms with Crippen LogP contribution in [0.25, 0.3) is 0 Å². The summed E-state index contributed by atoms with van der Waals surface area (Å²) < 4.78 is 5.34. The van der Waals surface area contributed by atoms with Gasteiger partial charge in [-0.15, -0.1) is 0 Å². The third-order valence-electron chi connectivity index (χ3n) is 5.67. The smallest absolute Gasteiger partial charge is 0.251 e. The number of carbonyl (C=O) groups excluding carboxylic acids is 2. The van der Waals surface area contributed by atoms with Crippen molar-refractivity contribution in [2.45, 2.75) is 31.7 Å². The molecule has 2 amide bonds. The Morgan fingerprint density at radius 2 is 2.07 bits per heavy atom. The fourth-order valence-corrected chi connectivity index (χ4v) is 4.17. The van der Waals surface area contributed by atoms with E-state index < -0.39 is 0 Å². The van der Waals surface area contributed by atoms with Crippen molar-refractivity contribution in [2.24, 2.45) is 0 Å². The van der Waals surface area contributed by atoms with Crippen molar-refractivity contribution < 1.29 is 14.3 Å². The second-order valence-electron chi connectivity index (χ2n) is 7.49. The second kappa shape index (κ2) is 8.27. The van der Waals surface area contributed by atoms with E-state index in [1.54, 1.807) is 6.07 Å². The number of hydrogen-bond acceptors (Lipinski definition) is 5. The lowest BCUT2D eigenvalue weighted by atomic mass is 9.97. The van der Waals surface area contributed by atoms with Gasteiger partial charge in [-0.05, 0) is 50.4 Å². The Bertz CT molecular complexity index is 702. The Morgan fingerprint density at radius 3 is 2.93 bits per heavy atom. The van der Waals surface area contributed by atoms with Gasteiger partial charge in [0.2, 0.25) is 5.91 Å². The highest BCUT2D eigenvalue weighted by Crippen LogP contribution is 2.36. The van der Waals surface area contributed by atoms with Crippen molar-refractivity contribution in [3.05, 3.63) is 23.8 Å². The Labute approximate surface area is 160 Å². The summed E-state index contributed by atoms with van der Waals surface area (Å²) in [5.74, 6) is -0.0416. The number of rotatable bonds is 5. The van der Waals surface area contributed by atoms with E-state index in [2.05, 4.69) is 20.4 Å². The van der Waals surface area contributed by atoms with E-state index in [1.807, 2.05) is 12.1 Å². The lowest BCUT2D eigenvalue weighted by Crippen LogP contribution is -2.50. The summed E-state index contributed by atoms with van der Waals surface area (Å²) in [5.41, 5.74) is 2.37. The zero-order valence-corrected chi connectivity index (χ0v) is 15.7. The minimum absolute atomic E-state index is 0.0465. The molecule has 4 rings (SSSR count). The van der Waals surface area contributed by atoms with Gasteiger partial charge in [-0.2, -0.15) is 0 Å². The van der Waals surface area contributed by atoms with E-state index in [-0.39, 0.29) is 17.9 Å². The van der Waals surface area contributed by atoms with Gasteiger partial charge in [0.25, 0.3) is 5.91 Å². The van der Waals surface area contributed by atoms with Crippen molar-refractivity contribution in [3.8, 4) is 0 Å². The van der Waals surface area contributed by atoms with Crippen LogP contribution in [0.15, 0.2) is 18.2 Å². The van der Waals surface area contributed by atoms with Crippen LogP contribution in [0, 0.1) is 0 Å². The van der Waals surface area contributed by atoms with Crippen LogP contribution in [0.3, 0.4) is 0 Å². The van der Waals surface area contributed by atoms with Crippen LogP contribution in [-0.4, -0.2) is 68.7 Å². The van der Waals surface area contributed by atoms with E-state index in [4.69, 9.17) is 4.74 Å². The van der Waals surface area contributed by atoms with E-state index in [1.165, 1.54) is 0 Å². The molecule has 0 bridgehead atoms. The van der Waals surface area contributed by atoms with Gasteiger partial charge >= 0.3 is 0 Å². The predicted octanol–water partition coefficient (Wildman–Crippen LogP) is 1.45. The maximum absolute atomic E-state index is 12.5. The molecule has 0 radical (unpaired) electrons. The van der Waals surface area contributed by atoms with Gasteiger partial charge in [0, 0.05) is 31.7 Å². The SMILES string of the molecule is O=C(NCCCN1CCOCC1)c1ccc2c(c1)NC(=O)[C@@H]1CCCCN21. The van der Waals surface area contributed by atoms with Crippen LogP contribution >= 0.6 is 0 Å². The first-order valence-electron chi connectivity index (χ1n) is 10.0. The highest BCUT2D eigenvalue weighted by Gasteiger charge is 2.34. The van der Waals surface area contributed by atoms with Crippen LogP contribution < -0.4 is 15.5 Å². The Hall–Kier alpha value is -2.12. The summed E-state index contributed by atoms with van der Waals surface area (Å²) in [5, 5.41) is 5.98. The minimum Gasteiger partial charge on any atom is -0.379 e. The molecular formula is C20H28N4O3. The first-order valence-corrected chi connectivity index (χ1v) is 10.0. The summed E-state index contributed by atoms with van der Waals surface area (Å²) in [4.78, 5) is 29.4. The van der Waals surface area contributed by atoms with Gasteiger partial charge in [0.1, 0.15) is 6.04 Å². The van der Waals surface area contributed by atoms with E-state index in [0.717, 1.165) is 76.5 Å². The molecule has 0 unspecified atom stereocenters. The van der Waals surface area contributed by atoms with Crippen LogP contribution in [0.5, 0.6) is 0 Å². The molecule has 1 atom stereocenters. The summed E-state index contributed by atoms with van der Waals surface area (Å²) in [6.45, 7) is 6.05. The number of piperidine rings is 1. The Balaban J connectivity index is 1.33. The molecule has 1 aromatic rings. The van der Waals surface area contributed by atoms with Crippen molar-refractivity contribution >= 4 is 23.2 Å². The number of benzene rings is 1. The first kappa shape index (κ1) is 18.3. The molecule has 0 aliphatic carbocycles. The number of amides is 2. The zero-order valence-electron chi connectivity index (χ0n) is 15.7. The number of ether oxygens (including phenoxy) is 1. The van der Waals surface area contributed by atoms with Crippen LogP contribution in [0.2, 0.25) is 0 Å². The maximum Gasteiger partial charge on any atom is 0.251 e. The fraction of sp³-hybridized carbons (Fsp3) is 0.600. The minimum atomic E-state index is -0.0882. The molecule has 1 aromatic carbocycles. The normalized spacial score (nSPS) is 22.6. The van der Waals surface area contributed by atoms with Crippen molar-refractivity contribution in [1.29, 1.82) is 0 Å². The third-order valence-corrected chi connectivity index (χ3v) is 5.67. The number of morpholine rings is 1. The number of carbonyl (C=O) groups is 2. The Morgan fingerprint density at radius 1 is 1.22 bits per heavy atom. The molecular weight excluding hydrogens is 344 g/mol. The Kier molecular flexibility index (Phi) is 5.59. The highest BCUT2D eigenvalue weighted by molar-refractivity contribution is 6.05. The zero-order chi connectivity index (χ0) is 18.6. The molecule has 27 heavy (non-hydrogen) atoms. The number of nitrogens with one attached hydrogen (secondary N) is 2. The van der Waals surface area contributed by atoms with Gasteiger partial charge in [0.15, 0.2) is 0 Å². The average molecular weight is 372 g/mol. The maximum atomic E-state index is 12.5. The quantitative estimate of drug-likeness (QED) is 0.766. The summed E-state index contributed by atoms with van der Waals surface area (Å²) >= 11 is 0. The van der Waals surface area contributed by atoms with Crippen molar-refractivity contribution in [2.75, 3.05) is 56.2 Å². The molecule has 0 aromatic heterocycles. The second-order valence-corrected chi connectivity index (χ2v) is 7.49. The van der Waals surface area contributed by atoms with Gasteiger partial charge in [-0.1, -0.05) is 0 Å². The van der Waals surface area contributed by atoms with Crippen molar-refractivity contribution in [3.63, 3.8) is 0 Å². The topological polar surface area (TPSA) is 73.9 Å². The van der Waals surface area contributed by atoms with Gasteiger partial charge in [0.05, 0.1) is 24.6 Å². The summed E-state index contributed by atoms with van der Waals surface area (Å²) in [7, 11) is 0. The number of hydrogen-bond donors (Lipinski definition) is 2.